The maximum atomic E-state index is 10.9. The van der Waals surface area contributed by atoms with Gasteiger partial charge in [-0.05, 0) is 42.9 Å². The Hall–Kier alpha value is -1.51. The van der Waals surface area contributed by atoms with E-state index in [2.05, 4.69) is 0 Å². The number of aliphatic carboxylic acids is 1. The van der Waals surface area contributed by atoms with Crippen LogP contribution in [0.3, 0.4) is 0 Å². The SMILES string of the molecule is COc1cccc(CC2CCC2C(=O)O)c1. The molecule has 1 aromatic carbocycles. The third kappa shape index (κ3) is 2.18. The zero-order chi connectivity index (χ0) is 11.5. The van der Waals surface area contributed by atoms with Crippen LogP contribution in [0.15, 0.2) is 24.3 Å². The third-order valence-electron chi connectivity index (χ3n) is 3.37. The van der Waals surface area contributed by atoms with Crippen LogP contribution < -0.4 is 4.74 Å². The number of benzene rings is 1. The molecule has 0 spiro atoms. The fourth-order valence-corrected chi connectivity index (χ4v) is 2.24. The van der Waals surface area contributed by atoms with Gasteiger partial charge < -0.3 is 9.84 Å². The van der Waals surface area contributed by atoms with E-state index >= 15 is 0 Å². The van der Waals surface area contributed by atoms with Crippen LogP contribution in [0.2, 0.25) is 0 Å². The van der Waals surface area contributed by atoms with E-state index in [-0.39, 0.29) is 5.92 Å². The van der Waals surface area contributed by atoms with Gasteiger partial charge in [-0.3, -0.25) is 4.79 Å². The summed E-state index contributed by atoms with van der Waals surface area (Å²) in [6, 6.07) is 7.86. The van der Waals surface area contributed by atoms with Gasteiger partial charge in [0.25, 0.3) is 0 Å². The highest BCUT2D eigenvalue weighted by atomic mass is 16.5. The molecule has 0 aromatic heterocycles. The van der Waals surface area contributed by atoms with Crippen LogP contribution in [0.1, 0.15) is 18.4 Å². The van der Waals surface area contributed by atoms with Crippen molar-refractivity contribution >= 4 is 5.97 Å². The molecule has 1 fully saturated rings. The molecular weight excluding hydrogens is 204 g/mol. The average molecular weight is 220 g/mol. The highest BCUT2D eigenvalue weighted by Crippen LogP contribution is 2.37. The Morgan fingerprint density at radius 2 is 2.31 bits per heavy atom. The van der Waals surface area contributed by atoms with E-state index in [0.717, 1.165) is 30.6 Å². The summed E-state index contributed by atoms with van der Waals surface area (Å²) in [5.41, 5.74) is 1.16. The van der Waals surface area contributed by atoms with Crippen molar-refractivity contribution in [2.45, 2.75) is 19.3 Å². The minimum atomic E-state index is -0.654. The molecule has 2 unspecified atom stereocenters. The van der Waals surface area contributed by atoms with Crippen molar-refractivity contribution in [2.75, 3.05) is 7.11 Å². The van der Waals surface area contributed by atoms with Crippen LogP contribution >= 0.6 is 0 Å². The second-order valence-corrected chi connectivity index (χ2v) is 4.34. The number of ether oxygens (including phenoxy) is 1. The van der Waals surface area contributed by atoms with E-state index in [0.29, 0.717) is 5.92 Å². The van der Waals surface area contributed by atoms with Gasteiger partial charge >= 0.3 is 5.97 Å². The Morgan fingerprint density at radius 1 is 1.50 bits per heavy atom. The first-order chi connectivity index (χ1) is 7.70. The van der Waals surface area contributed by atoms with Crippen molar-refractivity contribution in [3.63, 3.8) is 0 Å². The van der Waals surface area contributed by atoms with Gasteiger partial charge in [-0.2, -0.15) is 0 Å². The molecule has 1 aliphatic rings. The van der Waals surface area contributed by atoms with Crippen molar-refractivity contribution in [1.29, 1.82) is 0 Å². The lowest BCUT2D eigenvalue weighted by Gasteiger charge is -2.33. The number of hydrogen-bond acceptors (Lipinski definition) is 2. The molecule has 0 saturated heterocycles. The van der Waals surface area contributed by atoms with Crippen LogP contribution in [-0.4, -0.2) is 18.2 Å². The molecule has 0 aliphatic heterocycles. The molecule has 1 aliphatic carbocycles. The average Bonchev–Trinajstić information content (AvgIpc) is 2.24. The second kappa shape index (κ2) is 4.56. The second-order valence-electron chi connectivity index (χ2n) is 4.34. The monoisotopic (exact) mass is 220 g/mol. The lowest BCUT2D eigenvalue weighted by Crippen LogP contribution is -2.34. The Kier molecular flexibility index (Phi) is 3.13. The van der Waals surface area contributed by atoms with Gasteiger partial charge in [0, 0.05) is 0 Å². The van der Waals surface area contributed by atoms with Gasteiger partial charge in [-0.15, -0.1) is 0 Å². The number of carboxylic acid groups (broad SMARTS) is 1. The molecule has 2 rings (SSSR count). The lowest BCUT2D eigenvalue weighted by molar-refractivity contribution is -0.147. The van der Waals surface area contributed by atoms with Crippen LogP contribution in [0, 0.1) is 11.8 Å². The first kappa shape index (κ1) is 11.0. The predicted molar refractivity (Wildman–Crippen MR) is 60.5 cm³/mol. The van der Waals surface area contributed by atoms with Gasteiger partial charge in [0.2, 0.25) is 0 Å². The van der Waals surface area contributed by atoms with E-state index in [1.165, 1.54) is 0 Å². The highest BCUT2D eigenvalue weighted by molar-refractivity contribution is 5.71. The molecule has 3 heteroatoms. The normalized spacial score (nSPS) is 23.6. The minimum absolute atomic E-state index is 0.147. The summed E-state index contributed by atoms with van der Waals surface area (Å²) in [5, 5.41) is 8.96. The number of carbonyl (C=O) groups is 1. The molecule has 0 heterocycles. The molecule has 1 N–H and O–H groups in total. The van der Waals surface area contributed by atoms with Crippen molar-refractivity contribution in [3.05, 3.63) is 29.8 Å². The molecule has 16 heavy (non-hydrogen) atoms. The summed E-state index contributed by atoms with van der Waals surface area (Å²) in [5.74, 6) is 0.332. The predicted octanol–water partition coefficient (Wildman–Crippen LogP) is 2.35. The zero-order valence-electron chi connectivity index (χ0n) is 9.35. The Balaban J connectivity index is 2.01. The quantitative estimate of drug-likeness (QED) is 0.847. The molecule has 0 radical (unpaired) electrons. The fourth-order valence-electron chi connectivity index (χ4n) is 2.24. The lowest BCUT2D eigenvalue weighted by atomic mass is 9.71. The molecule has 3 nitrogen and oxygen atoms in total. The summed E-state index contributed by atoms with van der Waals surface area (Å²) >= 11 is 0. The third-order valence-corrected chi connectivity index (χ3v) is 3.37. The Labute approximate surface area is 95.0 Å². The molecule has 2 atom stereocenters. The van der Waals surface area contributed by atoms with Crippen LogP contribution in [0.5, 0.6) is 5.75 Å². The van der Waals surface area contributed by atoms with Crippen molar-refractivity contribution in [2.24, 2.45) is 11.8 Å². The smallest absolute Gasteiger partial charge is 0.306 e. The van der Waals surface area contributed by atoms with E-state index in [1.807, 2.05) is 24.3 Å². The van der Waals surface area contributed by atoms with Gasteiger partial charge in [-0.1, -0.05) is 12.1 Å². The summed E-state index contributed by atoms with van der Waals surface area (Å²) in [4.78, 5) is 10.9. The van der Waals surface area contributed by atoms with Gasteiger partial charge in [-0.25, -0.2) is 0 Å². The van der Waals surface area contributed by atoms with E-state index in [4.69, 9.17) is 9.84 Å². The summed E-state index contributed by atoms with van der Waals surface area (Å²) in [6.07, 6.45) is 2.69. The number of rotatable bonds is 4. The molecule has 0 bridgehead atoms. The first-order valence-electron chi connectivity index (χ1n) is 5.56. The topological polar surface area (TPSA) is 46.5 Å². The van der Waals surface area contributed by atoms with E-state index < -0.39 is 5.97 Å². The van der Waals surface area contributed by atoms with Gasteiger partial charge in [0.1, 0.15) is 5.75 Å². The van der Waals surface area contributed by atoms with Crippen LogP contribution in [0.25, 0.3) is 0 Å². The molecule has 0 amide bonds. The van der Waals surface area contributed by atoms with Crippen molar-refractivity contribution in [1.82, 2.24) is 0 Å². The maximum Gasteiger partial charge on any atom is 0.306 e. The molecule has 86 valence electrons. The molecule has 1 saturated carbocycles. The number of carboxylic acids is 1. The number of hydrogen-bond donors (Lipinski definition) is 1. The minimum Gasteiger partial charge on any atom is -0.497 e. The Morgan fingerprint density at radius 3 is 2.88 bits per heavy atom. The largest absolute Gasteiger partial charge is 0.497 e. The van der Waals surface area contributed by atoms with Crippen LogP contribution in [-0.2, 0) is 11.2 Å². The summed E-state index contributed by atoms with van der Waals surface area (Å²) in [7, 11) is 1.64. The van der Waals surface area contributed by atoms with Crippen molar-refractivity contribution < 1.29 is 14.6 Å². The van der Waals surface area contributed by atoms with E-state index in [9.17, 15) is 4.79 Å². The highest BCUT2D eigenvalue weighted by Gasteiger charge is 2.36. The number of methoxy groups -OCH3 is 1. The van der Waals surface area contributed by atoms with Crippen molar-refractivity contribution in [3.8, 4) is 5.75 Å². The maximum absolute atomic E-state index is 10.9. The summed E-state index contributed by atoms with van der Waals surface area (Å²) in [6.45, 7) is 0. The van der Waals surface area contributed by atoms with Gasteiger partial charge in [0.15, 0.2) is 0 Å². The first-order valence-corrected chi connectivity index (χ1v) is 5.56. The van der Waals surface area contributed by atoms with E-state index in [1.54, 1.807) is 7.11 Å². The Bertz CT molecular complexity index is 387. The standard InChI is InChI=1S/C13H16O3/c1-16-11-4-2-3-9(8-11)7-10-5-6-12(10)13(14)15/h2-4,8,10,12H,5-7H2,1H3,(H,14,15). The van der Waals surface area contributed by atoms with Crippen LogP contribution in [0.4, 0.5) is 0 Å². The fraction of sp³-hybridized carbons (Fsp3) is 0.462. The summed E-state index contributed by atoms with van der Waals surface area (Å²) < 4.78 is 5.15. The van der Waals surface area contributed by atoms with Gasteiger partial charge in [0.05, 0.1) is 13.0 Å². The molecular formula is C13H16O3. The zero-order valence-corrected chi connectivity index (χ0v) is 9.35. The molecule has 1 aromatic rings.